The molecule has 4 N–H and O–H groups in total. The quantitative estimate of drug-likeness (QED) is 0.289. The fraction of sp³-hybridized carbons (Fsp3) is 0.548. The van der Waals surface area contributed by atoms with Crippen LogP contribution in [0.15, 0.2) is 48.5 Å². The molecule has 312 valence electrons. The second-order valence-electron chi connectivity index (χ2n) is 16.2. The minimum Gasteiger partial charge on any atom is -0.458 e. The van der Waals surface area contributed by atoms with Gasteiger partial charge in [0.2, 0.25) is 35.4 Å². The van der Waals surface area contributed by atoms with E-state index in [1.807, 2.05) is 69.3 Å². The molecular formula is C42H54N6O9S. The van der Waals surface area contributed by atoms with Crippen LogP contribution < -0.4 is 16.0 Å². The third-order valence-corrected chi connectivity index (χ3v) is 12.4. The van der Waals surface area contributed by atoms with E-state index >= 15 is 0 Å². The number of hydrogen-bond donors (Lipinski definition) is 4. The molecule has 0 aliphatic carbocycles. The van der Waals surface area contributed by atoms with Gasteiger partial charge in [0.15, 0.2) is 0 Å². The van der Waals surface area contributed by atoms with Crippen LogP contribution in [0.4, 0.5) is 0 Å². The molecule has 4 aliphatic rings. The first-order valence-electron chi connectivity index (χ1n) is 20.0. The summed E-state index contributed by atoms with van der Waals surface area (Å²) in [5.74, 6) is -3.64. The number of rotatable bonds is 7. The number of hydrogen-bond acceptors (Lipinski definition) is 10. The second kappa shape index (κ2) is 18.3. The van der Waals surface area contributed by atoms with Crippen LogP contribution >= 0.6 is 11.8 Å². The molecule has 4 saturated heterocycles. The predicted molar refractivity (Wildman–Crippen MR) is 215 cm³/mol. The molecule has 6 amide bonds. The number of carbonyl (C=O) groups excluding carboxylic acids is 7. The first-order valence-corrected chi connectivity index (χ1v) is 21.1. The average molecular weight is 819 g/mol. The molecule has 0 radical (unpaired) electrons. The Morgan fingerprint density at radius 3 is 2.31 bits per heavy atom. The number of benzene rings is 2. The SMILES string of the molecule is Cc1ccc(CC(=O)N[C@@H](Cc2cccc(C)c2)C(=O)N[C@@H]2C(=O)N3C[C@H](O)C[C@H]3C(=O)N3CCSC[C@H]3C(=O)N[C@@H](C)C(=O)N3C[C@H](C)C[C@H]3C(=O)O[C@H]2C)cc1. The lowest BCUT2D eigenvalue weighted by Gasteiger charge is -2.39. The van der Waals surface area contributed by atoms with Gasteiger partial charge in [-0.1, -0.05) is 66.6 Å². The fourth-order valence-corrected chi connectivity index (χ4v) is 9.31. The van der Waals surface area contributed by atoms with Gasteiger partial charge in [0.25, 0.3) is 0 Å². The fourth-order valence-electron chi connectivity index (χ4n) is 8.26. The van der Waals surface area contributed by atoms with Crippen molar-refractivity contribution in [2.24, 2.45) is 5.92 Å². The monoisotopic (exact) mass is 818 g/mol. The number of amides is 6. The number of carbonyl (C=O) groups is 7. The maximum atomic E-state index is 14.8. The van der Waals surface area contributed by atoms with Gasteiger partial charge in [-0.3, -0.25) is 28.8 Å². The number of esters is 1. The highest BCUT2D eigenvalue weighted by Gasteiger charge is 2.49. The van der Waals surface area contributed by atoms with Crippen molar-refractivity contribution in [1.29, 1.82) is 0 Å². The summed E-state index contributed by atoms with van der Waals surface area (Å²) in [4.78, 5) is 103. The lowest BCUT2D eigenvalue weighted by molar-refractivity contribution is -0.163. The molecule has 15 nitrogen and oxygen atoms in total. The molecule has 4 heterocycles. The van der Waals surface area contributed by atoms with Crippen LogP contribution in [0.1, 0.15) is 55.9 Å². The summed E-state index contributed by atoms with van der Waals surface area (Å²) in [6.45, 7) is 8.89. The molecular weight excluding hydrogens is 765 g/mol. The van der Waals surface area contributed by atoms with Gasteiger partial charge in [0.1, 0.15) is 42.4 Å². The number of nitrogens with one attached hydrogen (secondary N) is 3. The molecule has 0 bridgehead atoms. The van der Waals surface area contributed by atoms with Gasteiger partial charge >= 0.3 is 5.97 Å². The Labute approximate surface area is 343 Å². The van der Waals surface area contributed by atoms with E-state index in [9.17, 15) is 38.7 Å². The number of fused-ring (bicyclic) bond motifs is 3. The molecule has 58 heavy (non-hydrogen) atoms. The Morgan fingerprint density at radius 1 is 0.862 bits per heavy atom. The Balaban J connectivity index is 1.34. The molecule has 4 fully saturated rings. The number of thioether (sulfide) groups is 1. The highest BCUT2D eigenvalue weighted by molar-refractivity contribution is 7.99. The summed E-state index contributed by atoms with van der Waals surface area (Å²) in [6, 6.07) is 7.95. The highest BCUT2D eigenvalue weighted by atomic mass is 32.2. The van der Waals surface area contributed by atoms with E-state index in [4.69, 9.17) is 4.74 Å². The van der Waals surface area contributed by atoms with Crippen molar-refractivity contribution >= 4 is 53.2 Å². The van der Waals surface area contributed by atoms with Crippen LogP contribution in [0, 0.1) is 19.8 Å². The summed E-state index contributed by atoms with van der Waals surface area (Å²) >= 11 is 1.48. The van der Waals surface area contributed by atoms with Crippen LogP contribution in [0.3, 0.4) is 0 Å². The topological polar surface area (TPSA) is 195 Å². The molecule has 6 rings (SSSR count). The number of aryl methyl sites for hydroxylation is 2. The van der Waals surface area contributed by atoms with E-state index in [1.54, 1.807) is 0 Å². The van der Waals surface area contributed by atoms with Gasteiger partial charge < -0.3 is 40.5 Å². The normalized spacial score (nSPS) is 28.9. The Bertz CT molecular complexity index is 1910. The van der Waals surface area contributed by atoms with Crippen molar-refractivity contribution < 1.29 is 43.4 Å². The van der Waals surface area contributed by atoms with Crippen LogP contribution in [-0.4, -0.2) is 141 Å². The van der Waals surface area contributed by atoms with Gasteiger partial charge in [-0.2, -0.15) is 11.8 Å². The molecule has 16 heteroatoms. The van der Waals surface area contributed by atoms with E-state index in [-0.39, 0.29) is 57.0 Å². The minimum absolute atomic E-state index is 0.00855. The van der Waals surface area contributed by atoms with Crippen LogP contribution in [0.2, 0.25) is 0 Å². The van der Waals surface area contributed by atoms with Gasteiger partial charge in [0, 0.05) is 44.0 Å². The van der Waals surface area contributed by atoms with Crippen molar-refractivity contribution in [3.63, 3.8) is 0 Å². The van der Waals surface area contributed by atoms with Crippen LogP contribution in [0.25, 0.3) is 0 Å². The van der Waals surface area contributed by atoms with Crippen molar-refractivity contribution in [2.75, 3.05) is 31.1 Å². The van der Waals surface area contributed by atoms with E-state index in [0.717, 1.165) is 22.3 Å². The van der Waals surface area contributed by atoms with E-state index < -0.39 is 89.9 Å². The zero-order valence-corrected chi connectivity index (χ0v) is 34.5. The molecule has 0 spiro atoms. The molecule has 0 unspecified atom stereocenters. The zero-order chi connectivity index (χ0) is 41.8. The van der Waals surface area contributed by atoms with Crippen molar-refractivity contribution in [1.82, 2.24) is 30.7 Å². The summed E-state index contributed by atoms with van der Waals surface area (Å²) in [6.07, 6.45) is -2.20. The zero-order valence-electron chi connectivity index (χ0n) is 33.6. The molecule has 0 saturated carbocycles. The maximum Gasteiger partial charge on any atom is 0.329 e. The third-order valence-electron chi connectivity index (χ3n) is 11.4. The Morgan fingerprint density at radius 2 is 1.59 bits per heavy atom. The molecule has 9 atom stereocenters. The summed E-state index contributed by atoms with van der Waals surface area (Å²) in [5.41, 5.74) is 3.46. The highest BCUT2D eigenvalue weighted by Crippen LogP contribution is 2.29. The molecule has 2 aromatic carbocycles. The maximum absolute atomic E-state index is 14.8. The van der Waals surface area contributed by atoms with Crippen molar-refractivity contribution in [3.05, 3.63) is 70.8 Å². The Hall–Kier alpha value is -4.96. The number of aliphatic hydroxyl groups is 1. The lowest BCUT2D eigenvalue weighted by atomic mass is 10.0. The first kappa shape index (κ1) is 42.6. The van der Waals surface area contributed by atoms with E-state index in [2.05, 4.69) is 16.0 Å². The average Bonchev–Trinajstić information content (AvgIpc) is 3.78. The smallest absolute Gasteiger partial charge is 0.329 e. The molecule has 4 aliphatic heterocycles. The van der Waals surface area contributed by atoms with Crippen molar-refractivity contribution in [3.8, 4) is 0 Å². The number of nitrogens with zero attached hydrogens (tertiary/aromatic N) is 3. The summed E-state index contributed by atoms with van der Waals surface area (Å²) in [5, 5.41) is 19.3. The van der Waals surface area contributed by atoms with Crippen LogP contribution in [0.5, 0.6) is 0 Å². The second-order valence-corrected chi connectivity index (χ2v) is 17.3. The van der Waals surface area contributed by atoms with Gasteiger partial charge in [-0.25, -0.2) is 4.79 Å². The van der Waals surface area contributed by atoms with E-state index in [0.29, 0.717) is 5.75 Å². The lowest BCUT2D eigenvalue weighted by Crippen LogP contribution is -2.63. The number of cyclic esters (lactones) is 1. The first-order chi connectivity index (χ1) is 27.6. The number of ether oxygens (including phenoxy) is 1. The Kier molecular flexibility index (Phi) is 13.5. The summed E-state index contributed by atoms with van der Waals surface area (Å²) in [7, 11) is 0. The standard InChI is InChI=1S/C42H54N6O9S/c1-23-9-11-28(12-10-23)18-35(50)44-31(17-29-8-6-7-24(2)15-29)37(51)45-36-27(5)57-42(56)33-16-25(3)20-47(33)39(53)26(4)43-38(52)34-22-58-14-13-46(34)40(54)32-19-30(49)21-48(32)41(36)55/h6-12,15,25-27,30-34,36,49H,13-14,16-22H2,1-5H3,(H,43,52)(H,44,50)(H,45,51)/t25-,26+,27+,30-,31+,32+,33+,34+,36+/m1/s1. The predicted octanol–water partition coefficient (Wildman–Crippen LogP) is 0.651. The van der Waals surface area contributed by atoms with Gasteiger partial charge in [0.05, 0.1) is 12.5 Å². The summed E-state index contributed by atoms with van der Waals surface area (Å²) < 4.78 is 5.94. The minimum atomic E-state index is -1.57. The molecule has 2 aromatic rings. The third kappa shape index (κ3) is 9.83. The van der Waals surface area contributed by atoms with Gasteiger partial charge in [-0.15, -0.1) is 0 Å². The van der Waals surface area contributed by atoms with E-state index in [1.165, 1.54) is 40.3 Å². The largest absolute Gasteiger partial charge is 0.458 e. The molecule has 0 aromatic heterocycles. The number of aliphatic hydroxyl groups excluding tert-OH is 1. The van der Waals surface area contributed by atoms with Crippen molar-refractivity contribution in [2.45, 2.75) is 109 Å². The van der Waals surface area contributed by atoms with Gasteiger partial charge in [-0.05, 0) is 51.2 Å². The van der Waals surface area contributed by atoms with Crippen LogP contribution in [-0.2, 0) is 51.1 Å².